The molecular weight excluding hydrogens is 466 g/mol. The molecule has 0 spiro atoms. The van der Waals surface area contributed by atoms with Crippen molar-refractivity contribution in [1.29, 1.82) is 0 Å². The van der Waals surface area contributed by atoms with Gasteiger partial charge in [0, 0.05) is 24.5 Å². The van der Waals surface area contributed by atoms with Gasteiger partial charge in [-0.15, -0.1) is 0 Å². The van der Waals surface area contributed by atoms with Gasteiger partial charge in [0.2, 0.25) is 0 Å². The fraction of sp³-hybridized carbons (Fsp3) is 0.250. The van der Waals surface area contributed by atoms with Crippen LogP contribution in [-0.4, -0.2) is 27.9 Å². The highest BCUT2D eigenvalue weighted by atomic mass is 35.5. The summed E-state index contributed by atoms with van der Waals surface area (Å²) in [4.78, 5) is 11.4. The minimum Gasteiger partial charge on any atom is -0.611 e. The average Bonchev–Trinajstić information content (AvgIpc) is 2.82. The molecule has 1 atom stereocenters. The third-order valence-corrected chi connectivity index (χ3v) is 7.26. The van der Waals surface area contributed by atoms with Crippen molar-refractivity contribution >= 4 is 40.4 Å². The van der Waals surface area contributed by atoms with Crippen molar-refractivity contribution < 1.29 is 14.5 Å². The molecular formula is C28H30ClNO3S. The van der Waals surface area contributed by atoms with E-state index in [0.29, 0.717) is 30.3 Å². The number of carboxylic acid groups (broad SMARTS) is 1. The normalized spacial score (nSPS) is 12.5. The Morgan fingerprint density at radius 2 is 1.79 bits per heavy atom. The molecule has 0 saturated heterocycles. The number of carbonyl (C=O) groups is 1. The second kappa shape index (κ2) is 12.8. The average molecular weight is 496 g/mol. The first-order valence-corrected chi connectivity index (χ1v) is 12.9. The van der Waals surface area contributed by atoms with Gasteiger partial charge in [-0.1, -0.05) is 60.1 Å². The van der Waals surface area contributed by atoms with E-state index in [2.05, 4.69) is 43.4 Å². The van der Waals surface area contributed by atoms with Crippen molar-refractivity contribution in [2.45, 2.75) is 38.1 Å². The van der Waals surface area contributed by atoms with Gasteiger partial charge in [-0.2, -0.15) is 0 Å². The van der Waals surface area contributed by atoms with Crippen LogP contribution < -0.4 is 5.32 Å². The van der Waals surface area contributed by atoms with Gasteiger partial charge in [-0.05, 0) is 82.7 Å². The van der Waals surface area contributed by atoms with Crippen LogP contribution in [0.3, 0.4) is 0 Å². The predicted molar refractivity (Wildman–Crippen MR) is 142 cm³/mol. The number of carboxylic acids is 1. The lowest BCUT2D eigenvalue weighted by atomic mass is 9.99. The quantitative estimate of drug-likeness (QED) is 0.187. The lowest BCUT2D eigenvalue weighted by molar-refractivity contribution is -0.136. The highest BCUT2D eigenvalue weighted by molar-refractivity contribution is 7.91. The molecule has 0 aromatic heterocycles. The standard InChI is InChI=1S/C28H30ClNO3S/c1-20-6-7-23(16-21(20)2)17-25(24-4-3-5-26(29)18-24)13-15-34(33)27-10-8-22(9-11-27)19-30-14-12-28(31)32/h3-11,16-18,30H,12-15,19H2,1-2H3,(H,31,32)/b25-17-. The van der Waals surface area contributed by atoms with E-state index < -0.39 is 17.1 Å². The second-order valence-corrected chi connectivity index (χ2v) is 10.3. The molecule has 34 heavy (non-hydrogen) atoms. The number of rotatable bonds is 11. The van der Waals surface area contributed by atoms with E-state index in [4.69, 9.17) is 16.7 Å². The fourth-order valence-corrected chi connectivity index (χ4v) is 4.82. The zero-order valence-electron chi connectivity index (χ0n) is 19.5. The van der Waals surface area contributed by atoms with Gasteiger partial charge in [-0.25, -0.2) is 0 Å². The van der Waals surface area contributed by atoms with E-state index in [1.807, 2.05) is 48.5 Å². The van der Waals surface area contributed by atoms with Crippen LogP contribution in [0.2, 0.25) is 5.02 Å². The highest BCUT2D eigenvalue weighted by Crippen LogP contribution is 2.27. The lowest BCUT2D eigenvalue weighted by Crippen LogP contribution is -2.17. The van der Waals surface area contributed by atoms with Crippen LogP contribution in [0.15, 0.2) is 71.6 Å². The van der Waals surface area contributed by atoms with Crippen LogP contribution in [0.1, 0.15) is 40.7 Å². The molecule has 0 radical (unpaired) electrons. The van der Waals surface area contributed by atoms with Crippen molar-refractivity contribution in [3.63, 3.8) is 0 Å². The van der Waals surface area contributed by atoms with Gasteiger partial charge in [0.1, 0.15) is 5.75 Å². The SMILES string of the molecule is Cc1ccc(/C=C(/CC[S+]([O-])c2ccc(CNCCC(=O)O)cc2)c2cccc(Cl)c2)cc1C. The Morgan fingerprint density at radius 1 is 1.03 bits per heavy atom. The summed E-state index contributed by atoms with van der Waals surface area (Å²) < 4.78 is 13.0. The molecule has 0 aliphatic carbocycles. The molecule has 3 aromatic rings. The molecule has 0 fully saturated rings. The molecule has 3 rings (SSSR count). The van der Waals surface area contributed by atoms with Crippen LogP contribution in [-0.2, 0) is 22.5 Å². The van der Waals surface area contributed by atoms with Crippen LogP contribution in [0.4, 0.5) is 0 Å². The fourth-order valence-electron chi connectivity index (χ4n) is 3.55. The Bertz CT molecular complexity index is 1140. The van der Waals surface area contributed by atoms with Crippen LogP contribution in [0.25, 0.3) is 11.6 Å². The molecule has 3 aromatic carbocycles. The van der Waals surface area contributed by atoms with Crippen molar-refractivity contribution in [2.24, 2.45) is 0 Å². The summed E-state index contributed by atoms with van der Waals surface area (Å²) in [6.07, 6.45) is 2.90. The smallest absolute Gasteiger partial charge is 0.304 e. The zero-order chi connectivity index (χ0) is 24.5. The first-order chi connectivity index (χ1) is 16.3. The summed E-state index contributed by atoms with van der Waals surface area (Å²) in [5.74, 6) is -0.318. The van der Waals surface area contributed by atoms with E-state index in [9.17, 15) is 9.35 Å². The summed E-state index contributed by atoms with van der Waals surface area (Å²) in [7, 11) is 0. The van der Waals surface area contributed by atoms with E-state index in [1.54, 1.807) is 0 Å². The second-order valence-electron chi connectivity index (χ2n) is 8.29. The number of aryl methyl sites for hydroxylation is 2. The topological polar surface area (TPSA) is 72.4 Å². The highest BCUT2D eigenvalue weighted by Gasteiger charge is 2.14. The zero-order valence-corrected chi connectivity index (χ0v) is 21.1. The summed E-state index contributed by atoms with van der Waals surface area (Å²) in [5.41, 5.74) is 6.76. The lowest BCUT2D eigenvalue weighted by Gasteiger charge is -2.14. The molecule has 0 saturated carbocycles. The Balaban J connectivity index is 1.69. The summed E-state index contributed by atoms with van der Waals surface area (Å²) in [6, 6.07) is 21.8. The molecule has 2 N–H and O–H groups in total. The van der Waals surface area contributed by atoms with Gasteiger partial charge in [0.15, 0.2) is 4.90 Å². The van der Waals surface area contributed by atoms with Gasteiger partial charge in [-0.3, -0.25) is 4.79 Å². The van der Waals surface area contributed by atoms with Crippen LogP contribution >= 0.6 is 11.6 Å². The number of nitrogens with one attached hydrogen (secondary N) is 1. The Labute approximate surface area is 209 Å². The third-order valence-electron chi connectivity index (χ3n) is 5.66. The maximum absolute atomic E-state index is 13.0. The number of aliphatic carboxylic acids is 1. The van der Waals surface area contributed by atoms with Crippen LogP contribution in [0.5, 0.6) is 0 Å². The van der Waals surface area contributed by atoms with E-state index in [-0.39, 0.29) is 6.42 Å². The van der Waals surface area contributed by atoms with Crippen molar-refractivity contribution in [1.82, 2.24) is 5.32 Å². The van der Waals surface area contributed by atoms with Crippen molar-refractivity contribution in [3.05, 3.63) is 99.6 Å². The number of hydrogen-bond acceptors (Lipinski definition) is 3. The molecule has 0 amide bonds. The minimum absolute atomic E-state index is 0.0900. The largest absolute Gasteiger partial charge is 0.611 e. The molecule has 0 heterocycles. The molecule has 4 nitrogen and oxygen atoms in total. The summed E-state index contributed by atoms with van der Waals surface area (Å²) in [6.45, 7) is 5.20. The first kappa shape index (κ1) is 26.0. The summed E-state index contributed by atoms with van der Waals surface area (Å²) >= 11 is 5.11. The molecule has 6 heteroatoms. The Hall–Kier alpha value is -2.57. The summed E-state index contributed by atoms with van der Waals surface area (Å²) in [5, 5.41) is 12.5. The van der Waals surface area contributed by atoms with Gasteiger partial charge < -0.3 is 15.0 Å². The molecule has 178 valence electrons. The monoisotopic (exact) mass is 495 g/mol. The molecule has 0 aliphatic heterocycles. The van der Waals surface area contributed by atoms with Crippen molar-refractivity contribution in [3.8, 4) is 0 Å². The van der Waals surface area contributed by atoms with E-state index in [1.165, 1.54) is 11.1 Å². The predicted octanol–water partition coefficient (Wildman–Crippen LogP) is 6.26. The minimum atomic E-state index is -1.14. The third kappa shape index (κ3) is 8.03. The van der Waals surface area contributed by atoms with Gasteiger partial charge in [0.25, 0.3) is 0 Å². The maximum atomic E-state index is 13.0. The van der Waals surface area contributed by atoms with Crippen LogP contribution in [0, 0.1) is 13.8 Å². The Morgan fingerprint density at radius 3 is 2.47 bits per heavy atom. The van der Waals surface area contributed by atoms with Crippen molar-refractivity contribution in [2.75, 3.05) is 12.3 Å². The number of halogens is 1. The van der Waals surface area contributed by atoms with E-state index >= 15 is 0 Å². The number of benzene rings is 3. The Kier molecular flexibility index (Phi) is 9.78. The molecule has 0 aliphatic rings. The molecule has 1 unspecified atom stereocenters. The first-order valence-electron chi connectivity index (χ1n) is 11.3. The maximum Gasteiger partial charge on any atom is 0.304 e. The van der Waals surface area contributed by atoms with E-state index in [0.717, 1.165) is 27.2 Å². The number of hydrogen-bond donors (Lipinski definition) is 2. The number of allylic oxidation sites excluding steroid dienone is 1. The van der Waals surface area contributed by atoms with Gasteiger partial charge in [0.05, 0.1) is 6.42 Å². The van der Waals surface area contributed by atoms with Gasteiger partial charge >= 0.3 is 5.97 Å². The molecule has 0 bridgehead atoms.